The topological polar surface area (TPSA) is 87.1 Å². The van der Waals surface area contributed by atoms with E-state index in [2.05, 4.69) is 0 Å². The number of nitrogens with zero attached hydrogens (tertiary/aromatic N) is 1. The second kappa shape index (κ2) is 9.62. The van der Waals surface area contributed by atoms with E-state index in [1.807, 2.05) is 20.8 Å². The van der Waals surface area contributed by atoms with E-state index in [0.717, 1.165) is 5.56 Å². The van der Waals surface area contributed by atoms with Crippen LogP contribution in [-0.4, -0.2) is 32.9 Å². The molecule has 2 N–H and O–H groups in total. The van der Waals surface area contributed by atoms with Crippen LogP contribution in [0.1, 0.15) is 42.1 Å². The van der Waals surface area contributed by atoms with Crippen molar-refractivity contribution in [3.8, 4) is 11.5 Å². The van der Waals surface area contributed by atoms with Crippen molar-refractivity contribution in [1.82, 2.24) is 4.90 Å². The number of carbonyl (C=O) groups excluding carboxylic acids is 2. The van der Waals surface area contributed by atoms with Crippen molar-refractivity contribution in [2.45, 2.75) is 39.5 Å². The quantitative estimate of drug-likeness (QED) is 0.289. The molecule has 3 aromatic carbocycles. The Hall–Kier alpha value is -4.13. The lowest BCUT2D eigenvalue weighted by Gasteiger charge is -2.25. The van der Waals surface area contributed by atoms with Crippen molar-refractivity contribution in [1.29, 1.82) is 0 Å². The van der Waals surface area contributed by atoms with Crippen LogP contribution in [0.3, 0.4) is 0 Å². The predicted octanol–water partition coefficient (Wildman–Crippen LogP) is 5.25. The molecule has 3 aromatic rings. The standard InChI is InChI=1S/C28H26FNO5/c1-16(2)35-23-12-9-20(13-17(23)3)26(32)24-25(19-5-4-6-22(31)14-19)30(28(34)27(24)33)15-18-7-10-21(29)11-8-18/h4-14,16,25,31-32H,15H2,1-3H3/b26-24-. The van der Waals surface area contributed by atoms with Gasteiger partial charge in [-0.05, 0) is 79.9 Å². The number of hydrogen-bond donors (Lipinski definition) is 2. The van der Waals surface area contributed by atoms with Crippen molar-refractivity contribution >= 4 is 17.4 Å². The fourth-order valence-corrected chi connectivity index (χ4v) is 4.21. The average Bonchev–Trinajstić information content (AvgIpc) is 3.06. The smallest absolute Gasteiger partial charge is 0.295 e. The number of ether oxygens (including phenoxy) is 1. The highest BCUT2D eigenvalue weighted by atomic mass is 19.1. The van der Waals surface area contributed by atoms with Crippen LogP contribution in [-0.2, 0) is 16.1 Å². The highest BCUT2D eigenvalue weighted by Gasteiger charge is 2.46. The van der Waals surface area contributed by atoms with Crippen molar-refractivity contribution in [2.24, 2.45) is 0 Å². The van der Waals surface area contributed by atoms with Gasteiger partial charge in [-0.25, -0.2) is 4.39 Å². The number of aryl methyl sites for hydroxylation is 1. The van der Waals surface area contributed by atoms with Crippen LogP contribution in [0.15, 0.2) is 72.3 Å². The second-order valence-corrected chi connectivity index (χ2v) is 8.80. The normalized spacial score (nSPS) is 17.3. The van der Waals surface area contributed by atoms with Gasteiger partial charge in [0.05, 0.1) is 17.7 Å². The van der Waals surface area contributed by atoms with E-state index in [1.54, 1.807) is 30.3 Å². The van der Waals surface area contributed by atoms with E-state index in [0.29, 0.717) is 22.4 Å². The number of amides is 1. The Kier molecular flexibility index (Phi) is 6.60. The van der Waals surface area contributed by atoms with E-state index in [1.165, 1.54) is 41.3 Å². The van der Waals surface area contributed by atoms with Crippen LogP contribution in [0.2, 0.25) is 0 Å². The van der Waals surface area contributed by atoms with Gasteiger partial charge in [0.25, 0.3) is 11.7 Å². The number of hydrogen-bond acceptors (Lipinski definition) is 5. The molecule has 35 heavy (non-hydrogen) atoms. The molecule has 0 spiro atoms. The summed E-state index contributed by atoms with van der Waals surface area (Å²) in [5.41, 5.74) is 2.12. The van der Waals surface area contributed by atoms with Crippen LogP contribution < -0.4 is 4.74 Å². The van der Waals surface area contributed by atoms with Gasteiger partial charge in [-0.15, -0.1) is 0 Å². The molecular weight excluding hydrogens is 449 g/mol. The fraction of sp³-hybridized carbons (Fsp3) is 0.214. The fourth-order valence-electron chi connectivity index (χ4n) is 4.21. The number of Topliss-reactive ketones (excluding diaryl/α,β-unsaturated/α-hetero) is 1. The molecule has 0 aromatic heterocycles. The zero-order valence-corrected chi connectivity index (χ0v) is 19.7. The Balaban J connectivity index is 1.83. The number of benzene rings is 3. The van der Waals surface area contributed by atoms with E-state index in [9.17, 15) is 24.2 Å². The number of phenols is 1. The number of aromatic hydroxyl groups is 1. The molecule has 180 valence electrons. The van der Waals surface area contributed by atoms with Crippen molar-refractivity contribution in [3.05, 3.63) is 100 Å². The Morgan fingerprint density at radius 2 is 1.77 bits per heavy atom. The van der Waals surface area contributed by atoms with Gasteiger partial charge in [0.15, 0.2) is 0 Å². The first-order valence-electron chi connectivity index (χ1n) is 11.2. The van der Waals surface area contributed by atoms with E-state index >= 15 is 0 Å². The van der Waals surface area contributed by atoms with E-state index in [-0.39, 0.29) is 29.7 Å². The molecule has 1 atom stereocenters. The van der Waals surface area contributed by atoms with E-state index < -0.39 is 23.5 Å². The minimum absolute atomic E-state index is 0.0160. The first-order chi connectivity index (χ1) is 16.7. The summed E-state index contributed by atoms with van der Waals surface area (Å²) in [7, 11) is 0. The third kappa shape index (κ3) is 4.89. The van der Waals surface area contributed by atoms with Gasteiger partial charge in [0.1, 0.15) is 23.1 Å². The Morgan fingerprint density at radius 3 is 2.40 bits per heavy atom. The number of aliphatic hydroxyl groups excluding tert-OH is 1. The molecule has 0 aliphatic carbocycles. The van der Waals surface area contributed by atoms with Gasteiger partial charge < -0.3 is 19.8 Å². The Morgan fingerprint density at radius 1 is 1.06 bits per heavy atom. The Labute approximate surface area is 202 Å². The molecule has 1 unspecified atom stereocenters. The second-order valence-electron chi connectivity index (χ2n) is 8.80. The van der Waals surface area contributed by atoms with Gasteiger partial charge in [0, 0.05) is 12.1 Å². The lowest BCUT2D eigenvalue weighted by Crippen LogP contribution is -2.29. The lowest BCUT2D eigenvalue weighted by molar-refractivity contribution is -0.140. The molecule has 1 saturated heterocycles. The van der Waals surface area contributed by atoms with Crippen molar-refractivity contribution < 1.29 is 28.9 Å². The monoisotopic (exact) mass is 475 g/mol. The van der Waals surface area contributed by atoms with Crippen LogP contribution in [0.4, 0.5) is 4.39 Å². The van der Waals surface area contributed by atoms with Crippen molar-refractivity contribution in [3.63, 3.8) is 0 Å². The van der Waals surface area contributed by atoms with Crippen LogP contribution in [0.5, 0.6) is 11.5 Å². The number of halogens is 1. The maximum Gasteiger partial charge on any atom is 0.295 e. The van der Waals surface area contributed by atoms with Gasteiger partial charge >= 0.3 is 0 Å². The molecule has 0 radical (unpaired) electrons. The van der Waals surface area contributed by atoms with Gasteiger partial charge in [-0.1, -0.05) is 24.3 Å². The SMILES string of the molecule is Cc1cc(/C(O)=C2/C(=O)C(=O)N(Cc3ccc(F)cc3)C2c2cccc(O)c2)ccc1OC(C)C. The summed E-state index contributed by atoms with van der Waals surface area (Å²) in [4.78, 5) is 27.6. The number of ketones is 1. The lowest BCUT2D eigenvalue weighted by atomic mass is 9.94. The highest BCUT2D eigenvalue weighted by Crippen LogP contribution is 2.41. The number of likely N-dealkylation sites (tertiary alicyclic amines) is 1. The molecule has 1 fully saturated rings. The zero-order valence-electron chi connectivity index (χ0n) is 19.7. The van der Waals surface area contributed by atoms with Crippen molar-refractivity contribution in [2.75, 3.05) is 0 Å². The molecule has 0 saturated carbocycles. The first kappa shape index (κ1) is 24.0. The first-order valence-corrected chi connectivity index (χ1v) is 11.2. The van der Waals surface area contributed by atoms with Crippen LogP contribution in [0, 0.1) is 12.7 Å². The molecule has 4 rings (SSSR count). The third-order valence-corrected chi connectivity index (χ3v) is 5.80. The van der Waals surface area contributed by atoms with Crippen LogP contribution >= 0.6 is 0 Å². The number of carbonyl (C=O) groups is 2. The minimum Gasteiger partial charge on any atom is -0.508 e. The number of phenolic OH excluding ortho intramolecular Hbond substituents is 1. The molecule has 1 aliphatic heterocycles. The molecular formula is C28H26FNO5. The number of rotatable bonds is 6. The molecule has 1 heterocycles. The third-order valence-electron chi connectivity index (χ3n) is 5.80. The van der Waals surface area contributed by atoms with Crippen LogP contribution in [0.25, 0.3) is 5.76 Å². The summed E-state index contributed by atoms with van der Waals surface area (Å²) < 4.78 is 19.2. The van der Waals surface area contributed by atoms with E-state index in [4.69, 9.17) is 4.74 Å². The summed E-state index contributed by atoms with van der Waals surface area (Å²) in [6.45, 7) is 5.66. The summed E-state index contributed by atoms with van der Waals surface area (Å²) in [5.74, 6) is -1.75. The minimum atomic E-state index is -0.945. The number of aliphatic hydroxyl groups is 1. The average molecular weight is 476 g/mol. The summed E-state index contributed by atoms with van der Waals surface area (Å²) >= 11 is 0. The van der Waals surface area contributed by atoms with Gasteiger partial charge in [-0.2, -0.15) is 0 Å². The summed E-state index contributed by atoms with van der Waals surface area (Å²) in [6, 6.07) is 15.9. The zero-order chi connectivity index (χ0) is 25.3. The Bertz CT molecular complexity index is 1310. The molecule has 7 heteroatoms. The largest absolute Gasteiger partial charge is 0.508 e. The van der Waals surface area contributed by atoms with Gasteiger partial charge in [-0.3, -0.25) is 9.59 Å². The summed E-state index contributed by atoms with van der Waals surface area (Å²) in [6.07, 6.45) is -0.0318. The molecule has 1 aliphatic rings. The maximum absolute atomic E-state index is 13.4. The molecule has 6 nitrogen and oxygen atoms in total. The van der Waals surface area contributed by atoms with Gasteiger partial charge in [0.2, 0.25) is 0 Å². The summed E-state index contributed by atoms with van der Waals surface area (Å²) in [5, 5.41) is 21.3. The maximum atomic E-state index is 13.4. The molecule has 0 bridgehead atoms. The highest BCUT2D eigenvalue weighted by molar-refractivity contribution is 6.46. The predicted molar refractivity (Wildman–Crippen MR) is 129 cm³/mol. The molecule has 1 amide bonds.